The van der Waals surface area contributed by atoms with Crippen molar-refractivity contribution in [2.24, 2.45) is 0 Å². The van der Waals surface area contributed by atoms with Crippen molar-refractivity contribution in [1.82, 2.24) is 0 Å². The minimum atomic E-state index is -4.02. The molecule has 0 aliphatic heterocycles. The maximum atomic E-state index is 10.5. The SMILES string of the molecule is Cc1ccc(S(=O)(=O)O)cc1.c1ccc([I-]c2ccccc2)cc1. The van der Waals surface area contributed by atoms with Gasteiger partial charge < -0.3 is 0 Å². The van der Waals surface area contributed by atoms with Gasteiger partial charge in [-0.05, 0) is 19.1 Å². The zero-order chi connectivity index (χ0) is 17.4. The van der Waals surface area contributed by atoms with Crippen LogP contribution in [0.15, 0.2) is 89.8 Å². The standard InChI is InChI=1S/C12H10I.C7H8O3S/c1-3-7-11(8-4-1)13-12-9-5-2-6-10-12;1-6-2-4-7(5-3-6)11(8,9)10/h1-10H;2-5H,1H3,(H,8,9,10)/q-1;. The van der Waals surface area contributed by atoms with Crippen molar-refractivity contribution < 1.29 is 34.2 Å². The summed E-state index contributed by atoms with van der Waals surface area (Å²) in [6.45, 7) is 1.84. The minimum absolute atomic E-state index is 0.0287. The van der Waals surface area contributed by atoms with E-state index in [0.717, 1.165) is 5.56 Å². The number of aryl methyl sites for hydroxylation is 1. The Morgan fingerprint density at radius 3 is 1.50 bits per heavy atom. The number of halogens is 1. The molecule has 0 bridgehead atoms. The zero-order valence-corrected chi connectivity index (χ0v) is 16.1. The van der Waals surface area contributed by atoms with Crippen LogP contribution in [-0.2, 0) is 10.1 Å². The Labute approximate surface area is 153 Å². The van der Waals surface area contributed by atoms with Gasteiger partial charge in [0.25, 0.3) is 10.1 Å². The van der Waals surface area contributed by atoms with E-state index >= 15 is 0 Å². The Bertz CT molecular complexity index is 809. The van der Waals surface area contributed by atoms with Crippen LogP contribution >= 0.6 is 0 Å². The Balaban J connectivity index is 0.000000177. The van der Waals surface area contributed by atoms with Crippen LogP contribution in [0.4, 0.5) is 0 Å². The summed E-state index contributed by atoms with van der Waals surface area (Å²) in [6.07, 6.45) is 0. The molecule has 0 saturated heterocycles. The third-order valence-electron chi connectivity index (χ3n) is 3.00. The van der Waals surface area contributed by atoms with E-state index in [-0.39, 0.29) is 26.1 Å². The normalized spacial score (nSPS) is 10.8. The van der Waals surface area contributed by atoms with Crippen LogP contribution in [0, 0.1) is 14.1 Å². The topological polar surface area (TPSA) is 54.4 Å². The predicted octanol–water partition coefficient (Wildman–Crippen LogP) is 1.06. The molecule has 0 heterocycles. The fourth-order valence-electron chi connectivity index (χ4n) is 1.79. The van der Waals surface area contributed by atoms with E-state index in [1.807, 2.05) is 6.92 Å². The third kappa shape index (κ3) is 6.43. The first-order chi connectivity index (χ1) is 11.4. The van der Waals surface area contributed by atoms with Gasteiger partial charge in [0.1, 0.15) is 0 Å². The molecular weight excluding hydrogens is 435 g/mol. The van der Waals surface area contributed by atoms with E-state index in [9.17, 15) is 8.42 Å². The second kappa shape index (κ2) is 8.96. The number of hydrogen-bond donors (Lipinski definition) is 1. The summed E-state index contributed by atoms with van der Waals surface area (Å²) in [4.78, 5) is -0.0666. The van der Waals surface area contributed by atoms with Crippen LogP contribution in [0.1, 0.15) is 5.56 Å². The Hall–Kier alpha value is -1.70. The van der Waals surface area contributed by atoms with Crippen LogP contribution in [-0.4, -0.2) is 13.0 Å². The van der Waals surface area contributed by atoms with Crippen molar-refractivity contribution in [3.05, 3.63) is 97.6 Å². The molecule has 0 unspecified atom stereocenters. The van der Waals surface area contributed by atoms with Gasteiger partial charge in [-0.25, -0.2) is 0 Å². The summed E-state index contributed by atoms with van der Waals surface area (Å²) in [6, 6.07) is 27.4. The molecule has 0 fully saturated rings. The molecule has 0 aliphatic carbocycles. The van der Waals surface area contributed by atoms with E-state index in [4.69, 9.17) is 4.55 Å². The van der Waals surface area contributed by atoms with E-state index in [1.54, 1.807) is 12.1 Å². The molecular formula is C19H18IO3S-. The Morgan fingerprint density at radius 1 is 0.708 bits per heavy atom. The molecule has 5 heteroatoms. The van der Waals surface area contributed by atoms with Crippen LogP contribution in [0.25, 0.3) is 0 Å². The third-order valence-corrected chi connectivity index (χ3v) is 6.56. The molecule has 3 rings (SSSR count). The molecule has 126 valence electrons. The monoisotopic (exact) mass is 453 g/mol. The van der Waals surface area contributed by atoms with Crippen LogP contribution < -0.4 is 21.2 Å². The molecule has 3 nitrogen and oxygen atoms in total. The predicted molar refractivity (Wildman–Crippen MR) is 91.3 cm³/mol. The van der Waals surface area contributed by atoms with Crippen molar-refractivity contribution >= 4 is 10.1 Å². The van der Waals surface area contributed by atoms with Gasteiger partial charge in [0, 0.05) is 0 Å². The van der Waals surface area contributed by atoms with Crippen molar-refractivity contribution in [2.75, 3.05) is 0 Å². The van der Waals surface area contributed by atoms with Crippen molar-refractivity contribution in [1.29, 1.82) is 0 Å². The first-order valence-corrected chi connectivity index (χ1v) is 10.8. The molecule has 0 spiro atoms. The summed E-state index contributed by atoms with van der Waals surface area (Å²) in [5.41, 5.74) is 0.956. The van der Waals surface area contributed by atoms with Gasteiger partial charge in [-0.2, -0.15) is 8.42 Å². The van der Waals surface area contributed by atoms with E-state index in [1.165, 1.54) is 19.3 Å². The summed E-state index contributed by atoms with van der Waals surface area (Å²) in [5, 5.41) is 0. The average molecular weight is 453 g/mol. The van der Waals surface area contributed by atoms with Gasteiger partial charge in [-0.1, -0.05) is 17.7 Å². The summed E-state index contributed by atoms with van der Waals surface area (Å²) < 4.78 is 32.5. The van der Waals surface area contributed by atoms with Crippen molar-refractivity contribution in [3.63, 3.8) is 0 Å². The molecule has 0 aliphatic rings. The molecule has 1 N–H and O–H groups in total. The molecule has 0 saturated carbocycles. The van der Waals surface area contributed by atoms with Crippen LogP contribution in [0.2, 0.25) is 0 Å². The maximum absolute atomic E-state index is 10.5. The van der Waals surface area contributed by atoms with Gasteiger partial charge >= 0.3 is 89.0 Å². The molecule has 0 amide bonds. The quantitative estimate of drug-likeness (QED) is 0.477. The molecule has 0 radical (unpaired) electrons. The van der Waals surface area contributed by atoms with Gasteiger partial charge in [0.15, 0.2) is 0 Å². The van der Waals surface area contributed by atoms with Crippen molar-refractivity contribution in [2.45, 2.75) is 11.8 Å². The Morgan fingerprint density at radius 2 is 1.12 bits per heavy atom. The summed E-state index contributed by atoms with van der Waals surface area (Å²) in [5.74, 6) is 0. The molecule has 3 aromatic carbocycles. The zero-order valence-electron chi connectivity index (χ0n) is 13.1. The second-order valence-electron chi connectivity index (χ2n) is 4.97. The summed E-state index contributed by atoms with van der Waals surface area (Å²) >= 11 is 0.0287. The first-order valence-electron chi connectivity index (χ1n) is 7.24. The molecule has 0 aromatic heterocycles. The molecule has 3 aromatic rings. The van der Waals surface area contributed by atoms with Gasteiger partial charge in [0.05, 0.1) is 4.90 Å². The van der Waals surface area contributed by atoms with Gasteiger partial charge in [0.2, 0.25) is 0 Å². The van der Waals surface area contributed by atoms with E-state index in [2.05, 4.69) is 60.7 Å². The fourth-order valence-corrected chi connectivity index (χ4v) is 4.54. The number of rotatable bonds is 3. The summed E-state index contributed by atoms with van der Waals surface area (Å²) in [7, 11) is -4.02. The van der Waals surface area contributed by atoms with Gasteiger partial charge in [-0.15, -0.1) is 0 Å². The average Bonchev–Trinajstić information content (AvgIpc) is 2.57. The van der Waals surface area contributed by atoms with E-state index < -0.39 is 10.1 Å². The van der Waals surface area contributed by atoms with Gasteiger partial charge in [-0.3, -0.25) is 4.55 Å². The first kappa shape index (κ1) is 18.6. The van der Waals surface area contributed by atoms with Crippen LogP contribution in [0.5, 0.6) is 0 Å². The number of hydrogen-bond acceptors (Lipinski definition) is 2. The fraction of sp³-hybridized carbons (Fsp3) is 0.0526. The van der Waals surface area contributed by atoms with Crippen molar-refractivity contribution in [3.8, 4) is 0 Å². The number of benzene rings is 3. The Kier molecular flexibility index (Phi) is 6.96. The van der Waals surface area contributed by atoms with Crippen LogP contribution in [0.3, 0.4) is 0 Å². The molecule has 0 atom stereocenters. The second-order valence-corrected chi connectivity index (χ2v) is 9.43. The van der Waals surface area contributed by atoms with E-state index in [0.29, 0.717) is 0 Å². The molecule has 24 heavy (non-hydrogen) atoms.